The number of nitrogens with one attached hydrogen (secondary N) is 1. The van der Waals surface area contributed by atoms with Crippen molar-refractivity contribution in [2.24, 2.45) is 0 Å². The minimum atomic E-state index is -0.157. The van der Waals surface area contributed by atoms with E-state index in [9.17, 15) is 4.79 Å². The third-order valence-corrected chi connectivity index (χ3v) is 4.02. The fourth-order valence-corrected chi connectivity index (χ4v) is 2.69. The van der Waals surface area contributed by atoms with Crippen LogP contribution in [0.15, 0.2) is 59.0 Å². The molecule has 0 saturated heterocycles. The SMILES string of the molecule is COc1cccc(CCC(=O)NC(C)c2cc3ccccc3o2)c1. The third-order valence-electron chi connectivity index (χ3n) is 4.02. The maximum absolute atomic E-state index is 12.2. The predicted octanol–water partition coefficient (Wildman–Crippen LogP) is 4.25. The van der Waals surface area contributed by atoms with E-state index in [4.69, 9.17) is 9.15 Å². The van der Waals surface area contributed by atoms with Gasteiger partial charge in [0.05, 0.1) is 13.2 Å². The minimum absolute atomic E-state index is 0.00535. The number of carbonyl (C=O) groups is 1. The van der Waals surface area contributed by atoms with Crippen molar-refractivity contribution in [2.75, 3.05) is 7.11 Å². The van der Waals surface area contributed by atoms with E-state index < -0.39 is 0 Å². The molecule has 0 aliphatic heterocycles. The lowest BCUT2D eigenvalue weighted by molar-refractivity contribution is -0.121. The average Bonchev–Trinajstić information content (AvgIpc) is 3.04. The van der Waals surface area contributed by atoms with Crippen LogP contribution < -0.4 is 10.1 Å². The number of benzene rings is 2. The van der Waals surface area contributed by atoms with Crippen LogP contribution in [0.5, 0.6) is 5.75 Å². The quantitative estimate of drug-likeness (QED) is 0.738. The number of ether oxygens (including phenoxy) is 1. The van der Waals surface area contributed by atoms with Gasteiger partial charge in [-0.25, -0.2) is 0 Å². The van der Waals surface area contributed by atoms with Gasteiger partial charge in [-0.2, -0.15) is 0 Å². The van der Waals surface area contributed by atoms with Crippen LogP contribution in [0.4, 0.5) is 0 Å². The molecule has 0 bridgehead atoms. The molecule has 1 amide bonds. The van der Waals surface area contributed by atoms with Gasteiger partial charge in [0.1, 0.15) is 17.1 Å². The van der Waals surface area contributed by atoms with Gasteiger partial charge in [-0.3, -0.25) is 4.79 Å². The molecule has 0 fully saturated rings. The van der Waals surface area contributed by atoms with Gasteiger partial charge in [0, 0.05) is 11.8 Å². The highest BCUT2D eigenvalue weighted by molar-refractivity contribution is 5.79. The Kier molecular flexibility index (Phi) is 4.85. The summed E-state index contributed by atoms with van der Waals surface area (Å²) in [7, 11) is 1.64. The van der Waals surface area contributed by atoms with Gasteiger partial charge in [0.2, 0.25) is 5.91 Å². The van der Waals surface area contributed by atoms with Gasteiger partial charge in [-0.05, 0) is 43.2 Å². The summed E-state index contributed by atoms with van der Waals surface area (Å²) in [6.07, 6.45) is 1.10. The third kappa shape index (κ3) is 3.77. The monoisotopic (exact) mass is 323 g/mol. The Hall–Kier alpha value is -2.75. The second-order valence-electron chi connectivity index (χ2n) is 5.83. The van der Waals surface area contributed by atoms with Gasteiger partial charge in [-0.1, -0.05) is 30.3 Å². The summed E-state index contributed by atoms with van der Waals surface area (Å²) in [6.45, 7) is 1.93. The Morgan fingerprint density at radius 1 is 1.17 bits per heavy atom. The van der Waals surface area contributed by atoms with Crippen LogP contribution in [-0.4, -0.2) is 13.0 Å². The number of hydrogen-bond donors (Lipinski definition) is 1. The van der Waals surface area contributed by atoms with Crippen molar-refractivity contribution in [3.8, 4) is 5.75 Å². The average molecular weight is 323 g/mol. The Balaban J connectivity index is 1.57. The first-order chi connectivity index (χ1) is 11.7. The second kappa shape index (κ2) is 7.21. The number of furan rings is 1. The summed E-state index contributed by atoms with van der Waals surface area (Å²) in [6, 6.07) is 17.4. The zero-order valence-electron chi connectivity index (χ0n) is 13.9. The first kappa shape index (κ1) is 16.1. The largest absolute Gasteiger partial charge is 0.497 e. The van der Waals surface area contributed by atoms with Crippen molar-refractivity contribution in [1.29, 1.82) is 0 Å². The molecule has 0 aliphatic carbocycles. The first-order valence-electron chi connectivity index (χ1n) is 8.06. The Morgan fingerprint density at radius 2 is 2.00 bits per heavy atom. The van der Waals surface area contributed by atoms with Gasteiger partial charge >= 0.3 is 0 Å². The molecule has 3 aromatic rings. The van der Waals surface area contributed by atoms with E-state index in [1.807, 2.05) is 61.5 Å². The summed E-state index contributed by atoms with van der Waals surface area (Å²) in [5, 5.41) is 4.04. The lowest BCUT2D eigenvalue weighted by Gasteiger charge is -2.11. The second-order valence-corrected chi connectivity index (χ2v) is 5.83. The number of hydrogen-bond acceptors (Lipinski definition) is 3. The van der Waals surface area contributed by atoms with E-state index in [0.29, 0.717) is 12.8 Å². The van der Waals surface area contributed by atoms with Crippen LogP contribution in [0.25, 0.3) is 11.0 Å². The molecule has 1 aromatic heterocycles. The van der Waals surface area contributed by atoms with Gasteiger partial charge in [0.25, 0.3) is 0 Å². The van der Waals surface area contributed by atoms with Crippen LogP contribution in [0.1, 0.15) is 30.7 Å². The van der Waals surface area contributed by atoms with Crippen molar-refractivity contribution in [1.82, 2.24) is 5.32 Å². The molecular weight excluding hydrogens is 302 g/mol. The molecule has 24 heavy (non-hydrogen) atoms. The van der Waals surface area contributed by atoms with E-state index in [0.717, 1.165) is 28.0 Å². The van der Waals surface area contributed by atoms with E-state index in [2.05, 4.69) is 5.32 Å². The normalized spacial score (nSPS) is 12.1. The van der Waals surface area contributed by atoms with Crippen molar-refractivity contribution >= 4 is 16.9 Å². The van der Waals surface area contributed by atoms with Gasteiger partial charge < -0.3 is 14.5 Å². The van der Waals surface area contributed by atoms with Crippen LogP contribution in [0.3, 0.4) is 0 Å². The summed E-state index contributed by atoms with van der Waals surface area (Å²) < 4.78 is 11.0. The number of fused-ring (bicyclic) bond motifs is 1. The molecular formula is C20H21NO3. The molecule has 0 aliphatic rings. The molecule has 1 atom stereocenters. The van der Waals surface area contributed by atoms with Crippen molar-refractivity contribution in [3.05, 3.63) is 65.9 Å². The molecule has 4 nitrogen and oxygen atoms in total. The van der Waals surface area contributed by atoms with Crippen LogP contribution in [-0.2, 0) is 11.2 Å². The molecule has 0 radical (unpaired) electrons. The fourth-order valence-electron chi connectivity index (χ4n) is 2.69. The molecule has 2 aromatic carbocycles. The molecule has 1 N–H and O–H groups in total. The lowest BCUT2D eigenvalue weighted by Crippen LogP contribution is -2.26. The van der Waals surface area contributed by atoms with Crippen LogP contribution in [0.2, 0.25) is 0 Å². The molecule has 0 saturated carbocycles. The Labute approximate surface area is 141 Å². The number of para-hydroxylation sites is 1. The standard InChI is InChI=1S/C20H21NO3/c1-14(19-13-16-7-3-4-9-18(16)24-19)21-20(22)11-10-15-6-5-8-17(12-15)23-2/h3-9,12-14H,10-11H2,1-2H3,(H,21,22). The molecule has 1 heterocycles. The highest BCUT2D eigenvalue weighted by Gasteiger charge is 2.14. The van der Waals surface area contributed by atoms with Crippen molar-refractivity contribution in [2.45, 2.75) is 25.8 Å². The smallest absolute Gasteiger partial charge is 0.220 e. The molecule has 0 spiro atoms. The summed E-state index contributed by atoms with van der Waals surface area (Å²) in [4.78, 5) is 12.2. The summed E-state index contributed by atoms with van der Waals surface area (Å²) in [5.74, 6) is 1.58. The predicted molar refractivity (Wildman–Crippen MR) is 94.1 cm³/mol. The highest BCUT2D eigenvalue weighted by Crippen LogP contribution is 2.23. The van der Waals surface area contributed by atoms with Crippen molar-refractivity contribution in [3.63, 3.8) is 0 Å². The van der Waals surface area contributed by atoms with Crippen LogP contribution >= 0.6 is 0 Å². The Bertz CT molecular complexity index is 805. The number of carbonyl (C=O) groups excluding carboxylic acids is 1. The highest BCUT2D eigenvalue weighted by atomic mass is 16.5. The number of methoxy groups -OCH3 is 1. The van der Waals surface area contributed by atoms with E-state index in [1.165, 1.54) is 0 Å². The minimum Gasteiger partial charge on any atom is -0.497 e. The number of amides is 1. The number of rotatable bonds is 6. The fraction of sp³-hybridized carbons (Fsp3) is 0.250. The van der Waals surface area contributed by atoms with E-state index in [-0.39, 0.29) is 11.9 Å². The summed E-state index contributed by atoms with van der Waals surface area (Å²) >= 11 is 0. The topological polar surface area (TPSA) is 51.5 Å². The molecule has 3 rings (SSSR count). The zero-order valence-corrected chi connectivity index (χ0v) is 13.9. The van der Waals surface area contributed by atoms with Gasteiger partial charge in [-0.15, -0.1) is 0 Å². The van der Waals surface area contributed by atoms with Crippen molar-refractivity contribution < 1.29 is 13.9 Å². The van der Waals surface area contributed by atoms with Gasteiger partial charge in [0.15, 0.2) is 0 Å². The number of aryl methyl sites for hydroxylation is 1. The summed E-state index contributed by atoms with van der Waals surface area (Å²) in [5.41, 5.74) is 1.92. The van der Waals surface area contributed by atoms with E-state index in [1.54, 1.807) is 7.11 Å². The molecule has 4 heteroatoms. The Morgan fingerprint density at radius 3 is 2.79 bits per heavy atom. The molecule has 124 valence electrons. The van der Waals surface area contributed by atoms with Crippen LogP contribution in [0, 0.1) is 0 Å². The molecule has 1 unspecified atom stereocenters. The maximum atomic E-state index is 12.2. The maximum Gasteiger partial charge on any atom is 0.220 e. The van der Waals surface area contributed by atoms with E-state index >= 15 is 0 Å². The first-order valence-corrected chi connectivity index (χ1v) is 8.06. The lowest BCUT2D eigenvalue weighted by atomic mass is 10.1. The zero-order chi connectivity index (χ0) is 16.9.